The van der Waals surface area contributed by atoms with E-state index < -0.39 is 0 Å². The summed E-state index contributed by atoms with van der Waals surface area (Å²) >= 11 is 18.5. The maximum Gasteiger partial charge on any atom is 0.258 e. The number of nitrogens with zero attached hydrogens (tertiary/aromatic N) is 1. The number of rotatable bonds is 2. The lowest BCUT2D eigenvalue weighted by atomic mass is 10.2. The molecule has 7 heteroatoms. The number of hydrogen-bond donors (Lipinski definition) is 1. The van der Waals surface area contributed by atoms with Crippen molar-refractivity contribution in [1.82, 2.24) is 4.98 Å². The molecule has 0 unspecified atom stereocenters. The summed E-state index contributed by atoms with van der Waals surface area (Å²) in [7, 11) is 0. The summed E-state index contributed by atoms with van der Waals surface area (Å²) in [5.41, 5.74) is 0.779. The normalized spacial score (nSPS) is 10.3. The van der Waals surface area contributed by atoms with Crippen LogP contribution in [0.15, 0.2) is 39.4 Å². The molecule has 0 atom stereocenters. The van der Waals surface area contributed by atoms with Crippen LogP contribution in [0.3, 0.4) is 0 Å². The fourth-order valence-corrected chi connectivity index (χ4v) is 2.60. The number of benzene rings is 1. The Morgan fingerprint density at radius 2 is 1.89 bits per heavy atom. The predicted molar refractivity (Wildman–Crippen MR) is 84.1 cm³/mol. The van der Waals surface area contributed by atoms with Crippen LogP contribution in [-0.2, 0) is 0 Å². The zero-order chi connectivity index (χ0) is 14.0. The smallest absolute Gasteiger partial charge is 0.258 e. The van der Waals surface area contributed by atoms with E-state index in [-0.39, 0.29) is 16.6 Å². The summed E-state index contributed by atoms with van der Waals surface area (Å²) in [6, 6.07) is 6.77. The fraction of sp³-hybridized carbons (Fsp3) is 0. The summed E-state index contributed by atoms with van der Waals surface area (Å²) in [5, 5.41) is 3.25. The van der Waals surface area contributed by atoms with Gasteiger partial charge in [0.15, 0.2) is 0 Å². The molecule has 0 saturated heterocycles. The number of anilines is 1. The Kier molecular flexibility index (Phi) is 4.84. The summed E-state index contributed by atoms with van der Waals surface area (Å²) < 4.78 is 1.50. The Labute approximate surface area is 136 Å². The molecule has 0 radical (unpaired) electrons. The van der Waals surface area contributed by atoms with Crippen LogP contribution in [0.5, 0.6) is 0 Å². The summed E-state index contributed by atoms with van der Waals surface area (Å²) in [4.78, 5) is 16.0. The van der Waals surface area contributed by atoms with Gasteiger partial charge in [-0.2, -0.15) is 0 Å². The van der Waals surface area contributed by atoms with Crippen LogP contribution in [0.2, 0.25) is 10.2 Å². The van der Waals surface area contributed by atoms with Gasteiger partial charge in [-0.3, -0.25) is 4.79 Å². The van der Waals surface area contributed by atoms with Crippen molar-refractivity contribution in [2.75, 3.05) is 5.32 Å². The predicted octanol–water partition coefficient (Wildman–Crippen LogP) is 5.17. The SMILES string of the molecule is O=C(Nc1ccc(Br)cc1Cl)c1cc(Br)cnc1Cl. The van der Waals surface area contributed by atoms with E-state index in [1.165, 1.54) is 6.20 Å². The number of carbonyl (C=O) groups is 1. The van der Waals surface area contributed by atoms with Gasteiger partial charge in [-0.25, -0.2) is 4.98 Å². The zero-order valence-electron chi connectivity index (χ0n) is 9.25. The molecule has 0 fully saturated rings. The Morgan fingerprint density at radius 3 is 2.58 bits per heavy atom. The third-order valence-electron chi connectivity index (χ3n) is 2.23. The van der Waals surface area contributed by atoms with E-state index in [1.54, 1.807) is 24.3 Å². The molecule has 3 nitrogen and oxygen atoms in total. The molecule has 1 aromatic carbocycles. The van der Waals surface area contributed by atoms with Crippen molar-refractivity contribution < 1.29 is 4.79 Å². The quantitative estimate of drug-likeness (QED) is 0.676. The first-order valence-electron chi connectivity index (χ1n) is 5.05. The van der Waals surface area contributed by atoms with Crippen LogP contribution in [-0.4, -0.2) is 10.9 Å². The second-order valence-corrected chi connectivity index (χ2v) is 6.17. The molecule has 1 heterocycles. The maximum absolute atomic E-state index is 12.1. The van der Waals surface area contributed by atoms with Gasteiger partial charge in [0, 0.05) is 15.1 Å². The van der Waals surface area contributed by atoms with Crippen LogP contribution in [0.4, 0.5) is 5.69 Å². The van der Waals surface area contributed by atoms with Crippen LogP contribution >= 0.6 is 55.1 Å². The van der Waals surface area contributed by atoms with E-state index >= 15 is 0 Å². The van der Waals surface area contributed by atoms with Crippen molar-refractivity contribution in [3.05, 3.63) is 55.1 Å². The van der Waals surface area contributed by atoms with E-state index in [9.17, 15) is 4.79 Å². The highest BCUT2D eigenvalue weighted by Crippen LogP contribution is 2.27. The minimum Gasteiger partial charge on any atom is -0.321 e. The van der Waals surface area contributed by atoms with Crippen molar-refractivity contribution in [2.45, 2.75) is 0 Å². The number of halogens is 4. The van der Waals surface area contributed by atoms with Gasteiger partial charge in [-0.1, -0.05) is 39.1 Å². The van der Waals surface area contributed by atoms with Crippen LogP contribution < -0.4 is 5.32 Å². The lowest BCUT2D eigenvalue weighted by Gasteiger charge is -2.08. The number of amides is 1. The molecule has 2 aromatic rings. The number of nitrogens with one attached hydrogen (secondary N) is 1. The standard InChI is InChI=1S/C12H6Br2Cl2N2O/c13-6-1-2-10(9(15)4-6)18-12(19)8-3-7(14)5-17-11(8)16/h1-5H,(H,18,19). The van der Waals surface area contributed by atoms with E-state index in [2.05, 4.69) is 42.2 Å². The van der Waals surface area contributed by atoms with E-state index in [4.69, 9.17) is 23.2 Å². The lowest BCUT2D eigenvalue weighted by molar-refractivity contribution is 0.102. The van der Waals surface area contributed by atoms with E-state index in [0.29, 0.717) is 15.2 Å². The van der Waals surface area contributed by atoms with Gasteiger partial charge in [0.25, 0.3) is 5.91 Å². The van der Waals surface area contributed by atoms with Crippen LogP contribution in [0, 0.1) is 0 Å². The van der Waals surface area contributed by atoms with Crippen molar-refractivity contribution in [2.24, 2.45) is 0 Å². The fourth-order valence-electron chi connectivity index (χ4n) is 1.36. The molecule has 0 spiro atoms. The Hall–Kier alpha value is -0.620. The minimum atomic E-state index is -0.372. The molecule has 0 aliphatic rings. The first-order chi connectivity index (χ1) is 8.97. The summed E-state index contributed by atoms with van der Waals surface area (Å²) in [6.45, 7) is 0. The molecular weight excluding hydrogens is 419 g/mol. The molecule has 1 aromatic heterocycles. The van der Waals surface area contributed by atoms with Gasteiger partial charge in [0.05, 0.1) is 16.3 Å². The molecule has 98 valence electrons. The number of pyridine rings is 1. The summed E-state index contributed by atoms with van der Waals surface area (Å²) in [6.07, 6.45) is 1.52. The van der Waals surface area contributed by atoms with Crippen molar-refractivity contribution >= 4 is 66.7 Å². The molecule has 1 amide bonds. The Morgan fingerprint density at radius 1 is 1.16 bits per heavy atom. The molecule has 0 bridgehead atoms. The highest BCUT2D eigenvalue weighted by Gasteiger charge is 2.13. The van der Waals surface area contributed by atoms with Gasteiger partial charge in [-0.15, -0.1) is 0 Å². The Bertz CT molecular complexity index is 650. The van der Waals surface area contributed by atoms with Crippen molar-refractivity contribution in [1.29, 1.82) is 0 Å². The molecule has 0 aliphatic carbocycles. The van der Waals surface area contributed by atoms with Crippen molar-refractivity contribution in [3.63, 3.8) is 0 Å². The molecule has 2 rings (SSSR count). The molecule has 0 saturated carbocycles. The van der Waals surface area contributed by atoms with Crippen LogP contribution in [0.1, 0.15) is 10.4 Å². The molecular formula is C12H6Br2Cl2N2O. The summed E-state index contributed by atoms with van der Waals surface area (Å²) in [5.74, 6) is -0.372. The second-order valence-electron chi connectivity index (χ2n) is 3.57. The average molecular weight is 425 g/mol. The van der Waals surface area contributed by atoms with Gasteiger partial charge in [0.2, 0.25) is 0 Å². The highest BCUT2D eigenvalue weighted by molar-refractivity contribution is 9.10. The average Bonchev–Trinajstić information content (AvgIpc) is 2.35. The van der Waals surface area contributed by atoms with Gasteiger partial charge >= 0.3 is 0 Å². The van der Waals surface area contributed by atoms with Gasteiger partial charge in [0.1, 0.15) is 5.15 Å². The van der Waals surface area contributed by atoms with Gasteiger partial charge in [-0.05, 0) is 40.2 Å². The van der Waals surface area contributed by atoms with E-state index in [0.717, 1.165) is 4.47 Å². The topological polar surface area (TPSA) is 42.0 Å². The highest BCUT2D eigenvalue weighted by atomic mass is 79.9. The maximum atomic E-state index is 12.1. The number of hydrogen-bond acceptors (Lipinski definition) is 2. The second kappa shape index (κ2) is 6.22. The zero-order valence-corrected chi connectivity index (χ0v) is 13.9. The largest absolute Gasteiger partial charge is 0.321 e. The van der Waals surface area contributed by atoms with Gasteiger partial charge < -0.3 is 5.32 Å². The van der Waals surface area contributed by atoms with Crippen LogP contribution in [0.25, 0.3) is 0 Å². The molecule has 19 heavy (non-hydrogen) atoms. The molecule has 1 N–H and O–H groups in total. The monoisotopic (exact) mass is 422 g/mol. The third kappa shape index (κ3) is 3.69. The van der Waals surface area contributed by atoms with E-state index in [1.807, 2.05) is 0 Å². The number of aromatic nitrogens is 1. The van der Waals surface area contributed by atoms with Crippen molar-refractivity contribution in [3.8, 4) is 0 Å². The first-order valence-corrected chi connectivity index (χ1v) is 7.39. The third-order valence-corrected chi connectivity index (χ3v) is 3.77. The minimum absolute atomic E-state index is 0.133. The number of carbonyl (C=O) groups excluding carboxylic acids is 1. The Balaban J connectivity index is 2.28. The lowest BCUT2D eigenvalue weighted by Crippen LogP contribution is -2.13. The molecule has 0 aliphatic heterocycles. The first kappa shape index (κ1) is 14.8.